The molecule has 0 aliphatic carbocycles. The van der Waals surface area contributed by atoms with Crippen LogP contribution in [-0.4, -0.2) is 28.4 Å². The molecule has 0 fully saturated rings. The third-order valence-corrected chi connectivity index (χ3v) is 2.42. The molecule has 9 heteroatoms. The number of aromatic nitrogens is 1. The molecule has 104 valence electrons. The summed E-state index contributed by atoms with van der Waals surface area (Å²) in [5, 5.41) is 11.0. The van der Waals surface area contributed by atoms with E-state index >= 15 is 0 Å². The molecule has 0 spiro atoms. The van der Waals surface area contributed by atoms with E-state index in [4.69, 9.17) is 11.6 Å². The van der Waals surface area contributed by atoms with Crippen LogP contribution in [0, 0.1) is 10.1 Å². The fraction of sp³-hybridized carbons (Fsp3) is 0.400. The van der Waals surface area contributed by atoms with Crippen LogP contribution in [0.2, 0.25) is 0 Å². The number of nitrogens with two attached hydrogens (primary N) is 2. The van der Waals surface area contributed by atoms with E-state index in [-0.39, 0.29) is 29.9 Å². The van der Waals surface area contributed by atoms with Crippen LogP contribution in [0.3, 0.4) is 0 Å². The van der Waals surface area contributed by atoms with Gasteiger partial charge in [-0.25, -0.2) is 10.8 Å². The first-order valence-electron chi connectivity index (χ1n) is 5.53. The molecule has 19 heavy (non-hydrogen) atoms. The Balaban J connectivity index is 3.32. The largest absolute Gasteiger partial charge is 0.368 e. The fourth-order valence-corrected chi connectivity index (χ4v) is 1.55. The maximum Gasteiger partial charge on any atom is 0.311 e. The molecule has 5 N–H and O–H groups in total. The number of nitro groups is 1. The number of primary amides is 1. The van der Waals surface area contributed by atoms with Crippen LogP contribution in [0.5, 0.6) is 0 Å². The van der Waals surface area contributed by atoms with Gasteiger partial charge >= 0.3 is 5.69 Å². The van der Waals surface area contributed by atoms with Crippen LogP contribution in [0.4, 0.5) is 17.3 Å². The van der Waals surface area contributed by atoms with Crippen molar-refractivity contribution in [3.05, 3.63) is 22.2 Å². The standard InChI is InChI=1S/C10H16N6O3/c1-6(2)15(5-8(11)17)10-7(16(18)19)3-4-9(13-10)14-12/h3-4,6H,5,12H2,1-2H3,(H2,11,17)(H,13,14). The van der Waals surface area contributed by atoms with Gasteiger partial charge in [0, 0.05) is 12.1 Å². The Morgan fingerprint density at radius 2 is 2.21 bits per heavy atom. The number of hydrogen-bond donors (Lipinski definition) is 3. The van der Waals surface area contributed by atoms with Crippen molar-refractivity contribution >= 4 is 23.2 Å². The summed E-state index contributed by atoms with van der Waals surface area (Å²) >= 11 is 0. The van der Waals surface area contributed by atoms with Crippen molar-refractivity contribution in [2.75, 3.05) is 16.9 Å². The number of carbonyl (C=O) groups is 1. The first-order valence-corrected chi connectivity index (χ1v) is 5.53. The van der Waals surface area contributed by atoms with Gasteiger partial charge in [0.25, 0.3) is 0 Å². The third kappa shape index (κ3) is 3.52. The van der Waals surface area contributed by atoms with Gasteiger partial charge in [-0.2, -0.15) is 0 Å². The van der Waals surface area contributed by atoms with E-state index in [1.54, 1.807) is 13.8 Å². The van der Waals surface area contributed by atoms with Crippen LogP contribution in [0.25, 0.3) is 0 Å². The van der Waals surface area contributed by atoms with Crippen molar-refractivity contribution in [1.29, 1.82) is 0 Å². The quantitative estimate of drug-likeness (QED) is 0.374. The van der Waals surface area contributed by atoms with Crippen LogP contribution in [-0.2, 0) is 4.79 Å². The highest BCUT2D eigenvalue weighted by Gasteiger charge is 2.24. The van der Waals surface area contributed by atoms with Gasteiger partial charge in [-0.3, -0.25) is 14.9 Å². The lowest BCUT2D eigenvalue weighted by molar-refractivity contribution is -0.384. The van der Waals surface area contributed by atoms with Crippen molar-refractivity contribution in [2.45, 2.75) is 19.9 Å². The number of anilines is 2. The van der Waals surface area contributed by atoms with Crippen molar-refractivity contribution in [3.8, 4) is 0 Å². The van der Waals surface area contributed by atoms with Gasteiger partial charge in [0.1, 0.15) is 5.82 Å². The molecule has 0 saturated heterocycles. The molecule has 9 nitrogen and oxygen atoms in total. The van der Waals surface area contributed by atoms with E-state index in [9.17, 15) is 14.9 Å². The first-order chi connectivity index (χ1) is 8.86. The lowest BCUT2D eigenvalue weighted by Crippen LogP contribution is -2.39. The summed E-state index contributed by atoms with van der Waals surface area (Å²) in [5.74, 6) is 4.94. The fourth-order valence-electron chi connectivity index (χ4n) is 1.55. The average molecular weight is 268 g/mol. The van der Waals surface area contributed by atoms with Crippen molar-refractivity contribution in [1.82, 2.24) is 4.98 Å². The van der Waals surface area contributed by atoms with E-state index < -0.39 is 10.8 Å². The number of nitrogens with zero attached hydrogens (tertiary/aromatic N) is 3. The Morgan fingerprint density at radius 1 is 1.58 bits per heavy atom. The van der Waals surface area contributed by atoms with Crippen LogP contribution in [0.15, 0.2) is 12.1 Å². The van der Waals surface area contributed by atoms with Crippen molar-refractivity contribution < 1.29 is 9.72 Å². The normalized spacial score (nSPS) is 10.3. The van der Waals surface area contributed by atoms with Crippen LogP contribution >= 0.6 is 0 Å². The third-order valence-electron chi connectivity index (χ3n) is 2.42. The number of nitrogens with one attached hydrogen (secondary N) is 1. The molecule has 1 amide bonds. The average Bonchev–Trinajstić information content (AvgIpc) is 2.34. The lowest BCUT2D eigenvalue weighted by Gasteiger charge is -2.26. The van der Waals surface area contributed by atoms with E-state index in [0.29, 0.717) is 0 Å². The predicted octanol–water partition coefficient (Wildman–Crippen LogP) is -0.0245. The summed E-state index contributed by atoms with van der Waals surface area (Å²) in [6.45, 7) is 3.38. The van der Waals surface area contributed by atoms with E-state index in [1.165, 1.54) is 17.0 Å². The van der Waals surface area contributed by atoms with E-state index in [2.05, 4.69) is 10.4 Å². The van der Waals surface area contributed by atoms with Crippen molar-refractivity contribution in [2.24, 2.45) is 11.6 Å². The number of rotatable bonds is 6. The van der Waals surface area contributed by atoms with Crippen LogP contribution < -0.4 is 21.9 Å². The Kier molecular flexibility index (Phi) is 4.59. The number of hydrazine groups is 1. The Morgan fingerprint density at radius 3 is 2.63 bits per heavy atom. The lowest BCUT2D eigenvalue weighted by atomic mass is 10.2. The minimum absolute atomic E-state index is 0.0502. The summed E-state index contributed by atoms with van der Waals surface area (Å²) in [6, 6.07) is 2.46. The summed E-state index contributed by atoms with van der Waals surface area (Å²) in [4.78, 5) is 27.0. The van der Waals surface area contributed by atoms with Crippen LogP contribution in [0.1, 0.15) is 13.8 Å². The summed E-state index contributed by atoms with van der Waals surface area (Å²) in [5.41, 5.74) is 7.24. The minimum Gasteiger partial charge on any atom is -0.368 e. The zero-order valence-electron chi connectivity index (χ0n) is 10.7. The molecular formula is C10H16N6O3. The highest BCUT2D eigenvalue weighted by atomic mass is 16.6. The molecule has 0 aromatic carbocycles. The Bertz CT molecular complexity index is 490. The first kappa shape index (κ1) is 14.6. The van der Waals surface area contributed by atoms with Gasteiger partial charge in [0.05, 0.1) is 11.5 Å². The SMILES string of the molecule is CC(C)N(CC(N)=O)c1nc(NN)ccc1[N+](=O)[O-]. The van der Waals surface area contributed by atoms with E-state index in [1.807, 2.05) is 0 Å². The number of hydrogen-bond acceptors (Lipinski definition) is 7. The molecular weight excluding hydrogens is 252 g/mol. The predicted molar refractivity (Wildman–Crippen MR) is 70.4 cm³/mol. The molecule has 0 radical (unpaired) electrons. The summed E-state index contributed by atoms with van der Waals surface area (Å²) in [6.07, 6.45) is 0. The molecule has 0 aliphatic heterocycles. The topological polar surface area (TPSA) is 140 Å². The second-order valence-electron chi connectivity index (χ2n) is 4.13. The Hall–Kier alpha value is -2.42. The zero-order valence-corrected chi connectivity index (χ0v) is 10.7. The summed E-state index contributed by atoms with van der Waals surface area (Å²) in [7, 11) is 0. The highest BCUT2D eigenvalue weighted by molar-refractivity contribution is 5.80. The number of nitrogen functional groups attached to an aromatic ring is 1. The van der Waals surface area contributed by atoms with E-state index in [0.717, 1.165) is 0 Å². The molecule has 1 aromatic rings. The highest BCUT2D eigenvalue weighted by Crippen LogP contribution is 2.28. The molecule has 0 saturated carbocycles. The molecule has 0 unspecified atom stereocenters. The van der Waals surface area contributed by atoms with Gasteiger partial charge in [0.2, 0.25) is 11.7 Å². The Labute approximate surface area is 109 Å². The monoisotopic (exact) mass is 268 g/mol. The number of pyridine rings is 1. The molecule has 0 atom stereocenters. The smallest absolute Gasteiger partial charge is 0.311 e. The molecule has 1 heterocycles. The summed E-state index contributed by atoms with van der Waals surface area (Å²) < 4.78 is 0. The maximum atomic E-state index is 11.1. The zero-order chi connectivity index (χ0) is 14.6. The molecule has 1 rings (SSSR count). The van der Waals surface area contributed by atoms with Gasteiger partial charge in [-0.15, -0.1) is 0 Å². The van der Waals surface area contributed by atoms with Gasteiger partial charge < -0.3 is 16.1 Å². The van der Waals surface area contributed by atoms with Crippen molar-refractivity contribution in [3.63, 3.8) is 0 Å². The van der Waals surface area contributed by atoms with Gasteiger partial charge in [-0.05, 0) is 19.9 Å². The maximum absolute atomic E-state index is 11.1. The van der Waals surface area contributed by atoms with Gasteiger partial charge in [0.15, 0.2) is 0 Å². The molecule has 0 bridgehead atoms. The number of amides is 1. The molecule has 0 aliphatic rings. The second-order valence-corrected chi connectivity index (χ2v) is 4.13. The second kappa shape index (κ2) is 5.96. The minimum atomic E-state index is -0.601. The molecule has 1 aromatic heterocycles. The number of carbonyl (C=O) groups excluding carboxylic acids is 1. The van der Waals surface area contributed by atoms with Gasteiger partial charge in [-0.1, -0.05) is 0 Å².